The van der Waals surface area contributed by atoms with Gasteiger partial charge in [-0.3, -0.25) is 9.69 Å². The van der Waals surface area contributed by atoms with Gasteiger partial charge in [-0.15, -0.1) is 0 Å². The first kappa shape index (κ1) is 12.0. The lowest BCUT2D eigenvalue weighted by atomic mass is 9.92. The maximum atomic E-state index is 11.2. The fourth-order valence-corrected chi connectivity index (χ4v) is 2.77. The second kappa shape index (κ2) is 5.25. The molecule has 4 nitrogen and oxygen atoms in total. The Bertz CT molecular complexity index is 247. The van der Waals surface area contributed by atoms with Gasteiger partial charge in [0.05, 0.1) is 18.8 Å². The van der Waals surface area contributed by atoms with Crippen molar-refractivity contribution in [3.8, 4) is 0 Å². The molecule has 0 aromatic carbocycles. The Kier molecular flexibility index (Phi) is 3.95. The van der Waals surface area contributed by atoms with Crippen LogP contribution in [-0.2, 0) is 9.53 Å². The summed E-state index contributed by atoms with van der Waals surface area (Å²) >= 11 is 0. The van der Waals surface area contributed by atoms with E-state index in [1.54, 1.807) is 0 Å². The second-order valence-electron chi connectivity index (χ2n) is 4.98. The van der Waals surface area contributed by atoms with E-state index in [0.29, 0.717) is 11.8 Å². The van der Waals surface area contributed by atoms with Crippen LogP contribution in [0.4, 0.5) is 0 Å². The van der Waals surface area contributed by atoms with E-state index in [4.69, 9.17) is 9.84 Å². The molecule has 0 aromatic heterocycles. The van der Waals surface area contributed by atoms with Crippen molar-refractivity contribution in [1.82, 2.24) is 4.90 Å². The van der Waals surface area contributed by atoms with Crippen LogP contribution in [0.25, 0.3) is 0 Å². The molecule has 1 aliphatic carbocycles. The Morgan fingerprint density at radius 2 is 2.06 bits per heavy atom. The van der Waals surface area contributed by atoms with Gasteiger partial charge in [0.2, 0.25) is 0 Å². The summed E-state index contributed by atoms with van der Waals surface area (Å²) in [6.45, 7) is 3.87. The number of ketones is 1. The third-order valence-electron chi connectivity index (χ3n) is 3.59. The molecule has 0 spiro atoms. The Morgan fingerprint density at radius 3 is 2.69 bits per heavy atom. The van der Waals surface area contributed by atoms with E-state index in [0.717, 1.165) is 38.8 Å². The number of rotatable bonds is 2. The van der Waals surface area contributed by atoms with Gasteiger partial charge in [0.25, 0.3) is 0 Å². The first-order valence-corrected chi connectivity index (χ1v) is 6.21. The van der Waals surface area contributed by atoms with Gasteiger partial charge in [0, 0.05) is 32.0 Å². The van der Waals surface area contributed by atoms with Crippen molar-refractivity contribution in [2.45, 2.75) is 50.9 Å². The molecule has 4 heteroatoms. The standard InChI is InChI=1S/C12H21NO3/c1-9-6-13(7-12(8-14)16-9)10-2-4-11(15)5-3-10/h9-10,12,14H,2-8H2,1H3. The third kappa shape index (κ3) is 2.81. The van der Waals surface area contributed by atoms with Gasteiger partial charge in [-0.1, -0.05) is 0 Å². The van der Waals surface area contributed by atoms with E-state index in [2.05, 4.69) is 4.90 Å². The lowest BCUT2D eigenvalue weighted by Crippen LogP contribution is -2.52. The third-order valence-corrected chi connectivity index (χ3v) is 3.59. The SMILES string of the molecule is CC1CN(C2CCC(=O)CC2)CC(CO)O1. The summed E-state index contributed by atoms with van der Waals surface area (Å²) in [5, 5.41) is 9.16. The lowest BCUT2D eigenvalue weighted by Gasteiger charge is -2.41. The van der Waals surface area contributed by atoms with Crippen molar-refractivity contribution < 1.29 is 14.6 Å². The van der Waals surface area contributed by atoms with E-state index >= 15 is 0 Å². The largest absolute Gasteiger partial charge is 0.394 e. The molecule has 1 saturated heterocycles. The summed E-state index contributed by atoms with van der Waals surface area (Å²) in [7, 11) is 0. The molecule has 2 aliphatic rings. The van der Waals surface area contributed by atoms with Gasteiger partial charge in [0.15, 0.2) is 0 Å². The molecule has 2 fully saturated rings. The Balaban J connectivity index is 1.90. The van der Waals surface area contributed by atoms with E-state index in [1.165, 1.54) is 0 Å². The number of aliphatic hydroxyl groups excluding tert-OH is 1. The van der Waals surface area contributed by atoms with Crippen LogP contribution in [-0.4, -0.2) is 53.7 Å². The summed E-state index contributed by atoms with van der Waals surface area (Å²) in [6, 6.07) is 0.512. The normalized spacial score (nSPS) is 34.2. The smallest absolute Gasteiger partial charge is 0.133 e. The minimum absolute atomic E-state index is 0.0543. The van der Waals surface area contributed by atoms with Gasteiger partial charge in [0.1, 0.15) is 5.78 Å². The van der Waals surface area contributed by atoms with Gasteiger partial charge >= 0.3 is 0 Å². The number of morpholine rings is 1. The molecule has 0 bridgehead atoms. The van der Waals surface area contributed by atoms with Crippen molar-refractivity contribution in [1.29, 1.82) is 0 Å². The Hall–Kier alpha value is -0.450. The molecule has 0 amide bonds. The van der Waals surface area contributed by atoms with Gasteiger partial charge < -0.3 is 9.84 Å². The zero-order chi connectivity index (χ0) is 11.5. The molecular weight excluding hydrogens is 206 g/mol. The number of nitrogens with zero attached hydrogens (tertiary/aromatic N) is 1. The first-order chi connectivity index (χ1) is 7.69. The van der Waals surface area contributed by atoms with E-state index in [-0.39, 0.29) is 18.8 Å². The van der Waals surface area contributed by atoms with Crippen molar-refractivity contribution in [2.75, 3.05) is 19.7 Å². The lowest BCUT2D eigenvalue weighted by molar-refractivity contribution is -0.125. The predicted octanol–water partition coefficient (Wildman–Crippen LogP) is 0.580. The number of Topliss-reactive ketones (excluding diaryl/α,β-unsaturated/α-hetero) is 1. The molecule has 2 atom stereocenters. The van der Waals surface area contributed by atoms with E-state index in [9.17, 15) is 4.79 Å². The average Bonchev–Trinajstić information content (AvgIpc) is 2.29. The predicted molar refractivity (Wildman–Crippen MR) is 60.3 cm³/mol. The fourth-order valence-electron chi connectivity index (χ4n) is 2.77. The van der Waals surface area contributed by atoms with Crippen LogP contribution in [0, 0.1) is 0 Å². The summed E-state index contributed by atoms with van der Waals surface area (Å²) in [6.07, 6.45) is 3.53. The molecule has 16 heavy (non-hydrogen) atoms. The topological polar surface area (TPSA) is 49.8 Å². The molecule has 2 rings (SSSR count). The van der Waals surface area contributed by atoms with Crippen LogP contribution in [0.3, 0.4) is 0 Å². The van der Waals surface area contributed by atoms with Crippen LogP contribution in [0.5, 0.6) is 0 Å². The van der Waals surface area contributed by atoms with Gasteiger partial charge in [-0.2, -0.15) is 0 Å². The quantitative estimate of drug-likeness (QED) is 0.749. The summed E-state index contributed by atoms with van der Waals surface area (Å²) < 4.78 is 5.62. The maximum absolute atomic E-state index is 11.2. The molecule has 92 valence electrons. The molecule has 2 unspecified atom stereocenters. The fraction of sp³-hybridized carbons (Fsp3) is 0.917. The minimum atomic E-state index is -0.0543. The minimum Gasteiger partial charge on any atom is -0.394 e. The highest BCUT2D eigenvalue weighted by Crippen LogP contribution is 2.23. The monoisotopic (exact) mass is 227 g/mol. The number of hydrogen-bond acceptors (Lipinski definition) is 4. The number of ether oxygens (including phenoxy) is 1. The summed E-state index contributed by atoms with van der Waals surface area (Å²) in [5.74, 6) is 0.399. The van der Waals surface area contributed by atoms with Crippen LogP contribution >= 0.6 is 0 Å². The van der Waals surface area contributed by atoms with Crippen molar-refractivity contribution in [3.05, 3.63) is 0 Å². The Morgan fingerprint density at radius 1 is 1.38 bits per heavy atom. The molecule has 0 radical (unpaired) electrons. The number of hydrogen-bond donors (Lipinski definition) is 1. The Labute approximate surface area is 96.6 Å². The van der Waals surface area contributed by atoms with Crippen LogP contribution in [0.2, 0.25) is 0 Å². The van der Waals surface area contributed by atoms with Gasteiger partial charge in [-0.05, 0) is 19.8 Å². The van der Waals surface area contributed by atoms with Crippen molar-refractivity contribution in [3.63, 3.8) is 0 Å². The second-order valence-corrected chi connectivity index (χ2v) is 4.98. The summed E-state index contributed by atoms with van der Waals surface area (Å²) in [4.78, 5) is 13.6. The van der Waals surface area contributed by atoms with Crippen molar-refractivity contribution in [2.24, 2.45) is 0 Å². The molecular formula is C12H21NO3. The molecule has 0 aromatic rings. The molecule has 1 N–H and O–H groups in total. The highest BCUT2D eigenvalue weighted by molar-refractivity contribution is 5.79. The van der Waals surface area contributed by atoms with E-state index < -0.39 is 0 Å². The highest BCUT2D eigenvalue weighted by atomic mass is 16.5. The average molecular weight is 227 g/mol. The maximum Gasteiger partial charge on any atom is 0.133 e. The van der Waals surface area contributed by atoms with Gasteiger partial charge in [-0.25, -0.2) is 0 Å². The molecule has 1 aliphatic heterocycles. The van der Waals surface area contributed by atoms with E-state index in [1.807, 2.05) is 6.92 Å². The van der Waals surface area contributed by atoms with Crippen molar-refractivity contribution >= 4 is 5.78 Å². The molecule has 1 heterocycles. The van der Waals surface area contributed by atoms with Crippen LogP contribution in [0.15, 0.2) is 0 Å². The number of carbonyl (C=O) groups is 1. The van der Waals surface area contributed by atoms with Crippen LogP contribution < -0.4 is 0 Å². The molecule has 1 saturated carbocycles. The first-order valence-electron chi connectivity index (χ1n) is 6.21. The number of carbonyl (C=O) groups excluding carboxylic acids is 1. The zero-order valence-corrected chi connectivity index (χ0v) is 9.89. The number of aliphatic hydroxyl groups is 1. The van der Waals surface area contributed by atoms with Crippen LogP contribution in [0.1, 0.15) is 32.6 Å². The summed E-state index contributed by atoms with van der Waals surface area (Å²) in [5.41, 5.74) is 0. The zero-order valence-electron chi connectivity index (χ0n) is 9.89. The highest BCUT2D eigenvalue weighted by Gasteiger charge is 2.31.